The van der Waals surface area contributed by atoms with Gasteiger partial charge in [0.2, 0.25) is 27.7 Å². The number of anilines is 1. The van der Waals surface area contributed by atoms with E-state index >= 15 is 0 Å². The molecule has 1 aromatic carbocycles. The molecule has 0 aromatic heterocycles. The van der Waals surface area contributed by atoms with Gasteiger partial charge in [-0.25, -0.2) is 8.42 Å². The largest absolute Gasteiger partial charge is 0.324 e. The van der Waals surface area contributed by atoms with Crippen molar-refractivity contribution in [3.05, 3.63) is 36.4 Å². The van der Waals surface area contributed by atoms with Crippen molar-refractivity contribution in [3.8, 4) is 0 Å². The van der Waals surface area contributed by atoms with Gasteiger partial charge in [0.15, 0.2) is 0 Å². The average molecular weight is 429 g/mol. The molecule has 9 heteroatoms. The molecule has 4 aliphatic rings. The smallest absolute Gasteiger partial charge is 0.244 e. The summed E-state index contributed by atoms with van der Waals surface area (Å²) in [6, 6.07) is 6.07. The zero-order chi connectivity index (χ0) is 21.0. The monoisotopic (exact) mass is 429 g/mol. The molecule has 30 heavy (non-hydrogen) atoms. The third-order valence-electron chi connectivity index (χ3n) is 6.68. The molecule has 3 amide bonds. The van der Waals surface area contributed by atoms with Crippen LogP contribution < -0.4 is 5.32 Å². The minimum Gasteiger partial charge on any atom is -0.324 e. The number of hydrogen-bond donors (Lipinski definition) is 1. The van der Waals surface area contributed by atoms with Gasteiger partial charge in [0.1, 0.15) is 6.54 Å². The maximum atomic E-state index is 12.7. The number of amides is 3. The van der Waals surface area contributed by atoms with Crippen LogP contribution >= 0.6 is 0 Å². The normalized spacial score (nSPS) is 30.3. The fourth-order valence-corrected chi connectivity index (χ4v) is 6.84. The van der Waals surface area contributed by atoms with Gasteiger partial charge in [0, 0.05) is 18.8 Å². The number of rotatable bonds is 5. The number of nitrogens with zero attached hydrogens (tertiary/aromatic N) is 2. The fourth-order valence-electron chi connectivity index (χ4n) is 5.28. The van der Waals surface area contributed by atoms with Crippen LogP contribution in [0.3, 0.4) is 0 Å². The van der Waals surface area contributed by atoms with E-state index in [1.54, 1.807) is 12.1 Å². The second-order valence-electron chi connectivity index (χ2n) is 8.45. The SMILES string of the molecule is O=C(CN1C(=O)[C@H]2[C@H](C1=O)[C@H]1C=C[C@H]2C1)Nc1cccc(S(=O)(=O)N2CCCC2)c1. The van der Waals surface area contributed by atoms with E-state index in [1.165, 1.54) is 16.4 Å². The molecule has 2 bridgehead atoms. The van der Waals surface area contributed by atoms with Crippen molar-refractivity contribution in [1.82, 2.24) is 9.21 Å². The van der Waals surface area contributed by atoms with Crippen molar-refractivity contribution >= 4 is 33.4 Å². The molecule has 8 nitrogen and oxygen atoms in total. The zero-order valence-electron chi connectivity index (χ0n) is 16.4. The van der Waals surface area contributed by atoms with Gasteiger partial charge in [-0.2, -0.15) is 4.31 Å². The fraction of sp³-hybridized carbons (Fsp3) is 0.476. The third-order valence-corrected chi connectivity index (χ3v) is 8.58. The molecule has 1 aromatic rings. The third kappa shape index (κ3) is 2.99. The van der Waals surface area contributed by atoms with Crippen molar-refractivity contribution in [1.29, 1.82) is 0 Å². The van der Waals surface area contributed by atoms with E-state index in [9.17, 15) is 22.8 Å². The van der Waals surface area contributed by atoms with Gasteiger partial charge in [-0.1, -0.05) is 18.2 Å². The summed E-state index contributed by atoms with van der Waals surface area (Å²) >= 11 is 0. The Hall–Kier alpha value is -2.52. The van der Waals surface area contributed by atoms with Gasteiger partial charge in [0.25, 0.3) is 0 Å². The molecule has 2 heterocycles. The number of benzene rings is 1. The molecule has 2 aliphatic heterocycles. The molecule has 2 aliphatic carbocycles. The second-order valence-corrected chi connectivity index (χ2v) is 10.4. The predicted molar refractivity (Wildman–Crippen MR) is 108 cm³/mol. The average Bonchev–Trinajstić information content (AvgIpc) is 3.50. The molecular formula is C21H23N3O5S. The first-order chi connectivity index (χ1) is 14.4. The van der Waals surface area contributed by atoms with Crippen LogP contribution in [-0.4, -0.2) is 55.0 Å². The Morgan fingerprint density at radius 1 is 1.03 bits per heavy atom. The summed E-state index contributed by atoms with van der Waals surface area (Å²) < 4.78 is 26.9. The summed E-state index contributed by atoms with van der Waals surface area (Å²) in [5, 5.41) is 2.63. The standard InChI is InChI=1S/C21H23N3O5S/c25-17(12-24-20(26)18-13-6-7-14(10-13)19(18)21(24)27)22-15-4-3-5-16(11-15)30(28,29)23-8-1-2-9-23/h3-7,11,13-14,18-19H,1-2,8-10,12H2,(H,22,25)/t13-,14-,18+,19+/m0/s1. The number of hydrogen-bond acceptors (Lipinski definition) is 5. The van der Waals surface area contributed by atoms with E-state index in [1.807, 2.05) is 12.2 Å². The first-order valence-corrected chi connectivity index (χ1v) is 11.7. The first kappa shape index (κ1) is 19.4. The number of carbonyl (C=O) groups excluding carboxylic acids is 3. The summed E-state index contributed by atoms with van der Waals surface area (Å²) in [4.78, 5) is 39.1. The Bertz CT molecular complexity index is 1030. The van der Waals surface area contributed by atoms with Gasteiger partial charge in [-0.15, -0.1) is 0 Å². The number of fused-ring (bicyclic) bond motifs is 5. The van der Waals surface area contributed by atoms with Gasteiger partial charge in [0.05, 0.1) is 16.7 Å². The van der Waals surface area contributed by atoms with Crippen LogP contribution in [0.5, 0.6) is 0 Å². The molecule has 1 saturated carbocycles. The van der Waals surface area contributed by atoms with Crippen LogP contribution in [0.4, 0.5) is 5.69 Å². The highest BCUT2D eigenvalue weighted by molar-refractivity contribution is 7.89. The molecule has 3 fully saturated rings. The van der Waals surface area contributed by atoms with E-state index in [0.717, 1.165) is 24.2 Å². The van der Waals surface area contributed by atoms with Gasteiger partial charge in [-0.05, 0) is 49.3 Å². The van der Waals surface area contributed by atoms with Gasteiger partial charge in [-0.3, -0.25) is 19.3 Å². The van der Waals surface area contributed by atoms with Crippen molar-refractivity contribution in [3.63, 3.8) is 0 Å². The summed E-state index contributed by atoms with van der Waals surface area (Å²) in [5.74, 6) is -1.56. The van der Waals surface area contributed by atoms with Gasteiger partial charge < -0.3 is 5.32 Å². The number of carbonyl (C=O) groups is 3. The van der Waals surface area contributed by atoms with Crippen LogP contribution in [0.25, 0.3) is 0 Å². The Labute approximate surface area is 175 Å². The lowest BCUT2D eigenvalue weighted by Crippen LogP contribution is -2.39. The lowest BCUT2D eigenvalue weighted by molar-refractivity contribution is -0.143. The number of sulfonamides is 1. The highest BCUT2D eigenvalue weighted by Gasteiger charge is 2.59. The molecule has 1 N–H and O–H groups in total. The van der Waals surface area contributed by atoms with Gasteiger partial charge >= 0.3 is 0 Å². The number of imide groups is 1. The highest BCUT2D eigenvalue weighted by atomic mass is 32.2. The van der Waals surface area contributed by atoms with Crippen LogP contribution in [0.15, 0.2) is 41.3 Å². The second kappa shape index (κ2) is 7.02. The number of allylic oxidation sites excluding steroid dienone is 2. The topological polar surface area (TPSA) is 104 Å². The summed E-state index contributed by atoms with van der Waals surface area (Å²) in [6.07, 6.45) is 6.53. The van der Waals surface area contributed by atoms with Crippen LogP contribution in [0.1, 0.15) is 19.3 Å². The molecule has 0 radical (unpaired) electrons. The van der Waals surface area contributed by atoms with E-state index in [0.29, 0.717) is 18.8 Å². The van der Waals surface area contributed by atoms with Crippen LogP contribution in [0.2, 0.25) is 0 Å². The van der Waals surface area contributed by atoms with Crippen LogP contribution in [-0.2, 0) is 24.4 Å². The van der Waals surface area contributed by atoms with Crippen LogP contribution in [0, 0.1) is 23.7 Å². The minimum absolute atomic E-state index is 0.0944. The molecular weight excluding hydrogens is 406 g/mol. The summed E-state index contributed by atoms with van der Waals surface area (Å²) in [5.41, 5.74) is 0.321. The molecule has 2 saturated heterocycles. The first-order valence-electron chi connectivity index (χ1n) is 10.3. The summed E-state index contributed by atoms with van der Waals surface area (Å²) in [6.45, 7) is 0.641. The van der Waals surface area contributed by atoms with E-state index in [-0.39, 0.29) is 46.9 Å². The van der Waals surface area contributed by atoms with Crippen molar-refractivity contribution in [2.75, 3.05) is 25.0 Å². The van der Waals surface area contributed by atoms with E-state index in [4.69, 9.17) is 0 Å². The lowest BCUT2D eigenvalue weighted by atomic mass is 9.85. The predicted octanol–water partition coefficient (Wildman–Crippen LogP) is 1.22. The summed E-state index contributed by atoms with van der Waals surface area (Å²) in [7, 11) is -3.60. The Balaban J connectivity index is 1.28. The maximum Gasteiger partial charge on any atom is 0.244 e. The zero-order valence-corrected chi connectivity index (χ0v) is 17.2. The quantitative estimate of drug-likeness (QED) is 0.560. The Kier molecular flexibility index (Phi) is 4.55. The molecule has 5 rings (SSSR count). The maximum absolute atomic E-state index is 12.7. The highest BCUT2D eigenvalue weighted by Crippen LogP contribution is 2.52. The van der Waals surface area contributed by atoms with E-state index < -0.39 is 15.9 Å². The lowest BCUT2D eigenvalue weighted by Gasteiger charge is -2.18. The van der Waals surface area contributed by atoms with E-state index in [2.05, 4.69) is 5.32 Å². The molecule has 158 valence electrons. The Morgan fingerprint density at radius 2 is 1.67 bits per heavy atom. The minimum atomic E-state index is -3.60. The molecule has 0 unspecified atom stereocenters. The van der Waals surface area contributed by atoms with Crippen molar-refractivity contribution in [2.24, 2.45) is 23.7 Å². The van der Waals surface area contributed by atoms with Crippen molar-refractivity contribution in [2.45, 2.75) is 24.2 Å². The molecule has 4 atom stereocenters. The number of nitrogens with one attached hydrogen (secondary N) is 1. The molecule has 0 spiro atoms. The van der Waals surface area contributed by atoms with Crippen molar-refractivity contribution < 1.29 is 22.8 Å². The Morgan fingerprint density at radius 3 is 2.30 bits per heavy atom. The number of likely N-dealkylation sites (tertiary alicyclic amines) is 1.